The number of allylic oxidation sites excluding steroid dienone is 4. The summed E-state index contributed by atoms with van der Waals surface area (Å²) in [5.74, 6) is 0. The summed E-state index contributed by atoms with van der Waals surface area (Å²) in [5, 5.41) is 13.0. The van der Waals surface area contributed by atoms with Crippen molar-refractivity contribution >= 4 is 58.3 Å². The van der Waals surface area contributed by atoms with Gasteiger partial charge in [-0.2, -0.15) is 0 Å². The molecule has 9 heteroatoms. The zero-order valence-corrected chi connectivity index (χ0v) is 41.3. The molecule has 308 valence electrons. The van der Waals surface area contributed by atoms with Gasteiger partial charge in [0.2, 0.25) is 0 Å². The molecule has 4 N–H and O–H groups in total. The minimum absolute atomic E-state index is 0. The van der Waals surface area contributed by atoms with Gasteiger partial charge in [-0.1, -0.05) is 162 Å². The number of unbranched alkanes of at least 4 members (excludes halogenated alkanes) is 24. The van der Waals surface area contributed by atoms with Gasteiger partial charge in [-0.25, -0.2) is 0 Å². The average Bonchev–Trinajstić information content (AvgIpc) is 3.13. The topological polar surface area (TPSA) is 48.1 Å². The van der Waals surface area contributed by atoms with Crippen molar-refractivity contribution in [1.82, 2.24) is 21.3 Å². The van der Waals surface area contributed by atoms with Crippen molar-refractivity contribution in [3.8, 4) is 0 Å². The van der Waals surface area contributed by atoms with Gasteiger partial charge in [0.15, 0.2) is 0 Å². The Labute approximate surface area is 366 Å². The van der Waals surface area contributed by atoms with Crippen LogP contribution < -0.4 is 21.3 Å². The Hall–Kier alpha value is 0.243. The summed E-state index contributed by atoms with van der Waals surface area (Å²) in [6.07, 6.45) is 50.1. The Balaban J connectivity index is -0.000000926. The van der Waals surface area contributed by atoms with E-state index >= 15 is 0 Å². The van der Waals surface area contributed by atoms with E-state index in [0.29, 0.717) is 8.64 Å². The van der Waals surface area contributed by atoms with Gasteiger partial charge >= 0.3 is 19.5 Å². The van der Waals surface area contributed by atoms with Gasteiger partial charge in [0, 0.05) is 13.1 Å². The number of thiocarbonyl (C=S) groups is 2. The van der Waals surface area contributed by atoms with Crippen molar-refractivity contribution in [1.29, 1.82) is 0 Å². The maximum absolute atomic E-state index is 4.80. The van der Waals surface area contributed by atoms with E-state index in [0.717, 1.165) is 52.1 Å². The third-order valence-corrected chi connectivity index (χ3v) is 9.91. The van der Waals surface area contributed by atoms with Crippen molar-refractivity contribution in [2.24, 2.45) is 0 Å². The second-order valence-corrected chi connectivity index (χ2v) is 16.7. The third-order valence-electron chi connectivity index (χ3n) is 9.33. The molecule has 4 nitrogen and oxygen atoms in total. The summed E-state index contributed by atoms with van der Waals surface area (Å²) in [7, 11) is 0. The molecule has 0 aliphatic carbocycles. The molecule has 0 aromatic rings. The molecule has 0 saturated heterocycles. The first kappa shape index (κ1) is 57.6. The van der Waals surface area contributed by atoms with Crippen LogP contribution in [0.5, 0.6) is 0 Å². The smallest absolute Gasteiger partial charge is 0.412 e. The van der Waals surface area contributed by atoms with Crippen LogP contribution in [-0.4, -0.2) is 47.9 Å². The van der Waals surface area contributed by atoms with Crippen LogP contribution in [0.3, 0.4) is 0 Å². The van der Waals surface area contributed by atoms with E-state index in [2.05, 4.69) is 59.4 Å². The molecule has 0 saturated carbocycles. The quantitative estimate of drug-likeness (QED) is 0.0160. The molecule has 0 bridgehead atoms. The monoisotopic (exact) mass is 863 g/mol. The SMILES string of the molecule is CCCCCCCC/C=C\CCCCCCCCNCCCNC(=S)[S-].CCCCCCCC/C=C\CCCCCCCCNCCCNC(=S)[S-].[Zn+2]. The first-order valence-corrected chi connectivity index (χ1v) is 23.8. The molecular formula is C44H86N4S4Zn. The summed E-state index contributed by atoms with van der Waals surface area (Å²) >= 11 is 19.2. The van der Waals surface area contributed by atoms with Crippen molar-refractivity contribution in [3.05, 3.63) is 24.3 Å². The fraction of sp³-hybridized carbons (Fsp3) is 0.864. The van der Waals surface area contributed by atoms with Crippen molar-refractivity contribution in [2.75, 3.05) is 39.3 Å². The summed E-state index contributed by atoms with van der Waals surface area (Å²) in [6, 6.07) is 0. The van der Waals surface area contributed by atoms with E-state index in [4.69, 9.17) is 49.7 Å². The normalized spacial score (nSPS) is 11.1. The van der Waals surface area contributed by atoms with Gasteiger partial charge < -0.3 is 71.0 Å². The Morgan fingerprint density at radius 2 is 0.604 bits per heavy atom. The molecular weight excluding hydrogens is 778 g/mol. The van der Waals surface area contributed by atoms with Crippen molar-refractivity contribution in [2.45, 2.75) is 206 Å². The molecule has 0 aliphatic rings. The third kappa shape index (κ3) is 61.7. The van der Waals surface area contributed by atoms with Gasteiger partial charge in [0.1, 0.15) is 0 Å². The van der Waals surface area contributed by atoms with Gasteiger partial charge in [-0.3, -0.25) is 0 Å². The van der Waals surface area contributed by atoms with Gasteiger partial charge in [-0.05, 0) is 103 Å². The zero-order valence-electron chi connectivity index (χ0n) is 35.1. The number of hydrogen-bond donors (Lipinski definition) is 4. The molecule has 0 atom stereocenters. The van der Waals surface area contributed by atoms with Crippen molar-refractivity contribution in [3.63, 3.8) is 0 Å². The van der Waals surface area contributed by atoms with Crippen LogP contribution in [0, 0.1) is 0 Å². The molecule has 0 spiro atoms. The minimum atomic E-state index is 0. The molecule has 0 rings (SSSR count). The van der Waals surface area contributed by atoms with E-state index < -0.39 is 0 Å². The second kappa shape index (κ2) is 54.3. The van der Waals surface area contributed by atoms with Gasteiger partial charge in [-0.15, -0.1) is 0 Å². The molecule has 0 fully saturated rings. The van der Waals surface area contributed by atoms with Crippen molar-refractivity contribution < 1.29 is 19.5 Å². The minimum Gasteiger partial charge on any atom is -0.412 e. The molecule has 0 radical (unpaired) electrons. The van der Waals surface area contributed by atoms with Crippen LogP contribution in [0.15, 0.2) is 24.3 Å². The first-order chi connectivity index (χ1) is 25.5. The predicted octanol–water partition coefficient (Wildman–Crippen LogP) is 12.8. The molecule has 0 aliphatic heterocycles. The standard InChI is InChI=1S/2C22H44N2S2.Zn/c2*1-2-3-4-5-6-7-8-9-10-11-12-13-14-15-16-17-19-23-20-18-21-24-22(25)26;/h2*9-10,23H,2-8,11-21H2,1H3,(H2,24,25,26);/q;;+2/p-2/b2*10-9-;. The average molecular weight is 865 g/mol. The Kier molecular flexibility index (Phi) is 59.0. The van der Waals surface area contributed by atoms with Crippen LogP contribution in [0.1, 0.15) is 206 Å². The number of rotatable bonds is 40. The first-order valence-electron chi connectivity index (χ1n) is 22.2. The second-order valence-electron chi connectivity index (χ2n) is 14.5. The molecule has 0 amide bonds. The van der Waals surface area contributed by atoms with Crippen LogP contribution in [0.4, 0.5) is 0 Å². The van der Waals surface area contributed by atoms with Gasteiger partial charge in [0.05, 0.1) is 0 Å². The Morgan fingerprint density at radius 1 is 0.358 bits per heavy atom. The largest absolute Gasteiger partial charge is 2.00 e. The summed E-state index contributed by atoms with van der Waals surface area (Å²) in [5.41, 5.74) is 0. The van der Waals surface area contributed by atoms with E-state index in [9.17, 15) is 0 Å². The molecule has 53 heavy (non-hydrogen) atoms. The van der Waals surface area contributed by atoms with Crippen LogP contribution in [0.25, 0.3) is 0 Å². The van der Waals surface area contributed by atoms with Crippen LogP contribution >= 0.6 is 24.4 Å². The molecule has 0 heterocycles. The number of nitrogens with one attached hydrogen (secondary N) is 4. The fourth-order valence-electron chi connectivity index (χ4n) is 6.05. The van der Waals surface area contributed by atoms with Crippen LogP contribution in [-0.2, 0) is 44.7 Å². The summed E-state index contributed by atoms with van der Waals surface area (Å²) < 4.78 is 0.969. The Bertz CT molecular complexity index is 708. The van der Waals surface area contributed by atoms with Crippen LogP contribution in [0.2, 0.25) is 0 Å². The van der Waals surface area contributed by atoms with E-state index in [1.54, 1.807) is 0 Å². The van der Waals surface area contributed by atoms with E-state index in [1.165, 1.54) is 180 Å². The zero-order chi connectivity index (χ0) is 38.3. The fourth-order valence-corrected chi connectivity index (χ4v) is 6.46. The van der Waals surface area contributed by atoms with E-state index in [-0.39, 0.29) is 19.5 Å². The molecule has 0 aromatic heterocycles. The Morgan fingerprint density at radius 3 is 0.887 bits per heavy atom. The maximum Gasteiger partial charge on any atom is 2.00 e. The predicted molar refractivity (Wildman–Crippen MR) is 250 cm³/mol. The maximum atomic E-state index is 4.80. The van der Waals surface area contributed by atoms with Gasteiger partial charge in [0.25, 0.3) is 0 Å². The summed E-state index contributed by atoms with van der Waals surface area (Å²) in [4.78, 5) is 0. The molecule has 0 unspecified atom stereocenters. The summed E-state index contributed by atoms with van der Waals surface area (Å²) in [6.45, 7) is 10.7. The number of hydrogen-bond acceptors (Lipinski definition) is 6. The molecule has 0 aromatic carbocycles. The van der Waals surface area contributed by atoms with E-state index in [1.807, 2.05) is 0 Å².